The summed E-state index contributed by atoms with van der Waals surface area (Å²) in [5.74, 6) is 0.599. The first-order chi connectivity index (χ1) is 14.6. The van der Waals surface area contributed by atoms with Crippen LogP contribution in [0.4, 0.5) is 0 Å². The van der Waals surface area contributed by atoms with E-state index >= 15 is 0 Å². The number of rotatable bonds is 6. The molecule has 7 heteroatoms. The highest BCUT2D eigenvalue weighted by Crippen LogP contribution is 2.37. The zero-order chi connectivity index (χ0) is 20.9. The minimum atomic E-state index is -0.371. The first-order valence-corrected chi connectivity index (χ1v) is 11.4. The van der Waals surface area contributed by atoms with Gasteiger partial charge in [-0.3, -0.25) is 4.79 Å². The molecule has 0 bridgehead atoms. The predicted molar refractivity (Wildman–Crippen MR) is 119 cm³/mol. The molecule has 0 radical (unpaired) electrons. The molecule has 156 valence electrons. The number of carbonyl (C=O) groups is 1. The Morgan fingerprint density at radius 1 is 0.933 bits per heavy atom. The summed E-state index contributed by atoms with van der Waals surface area (Å²) in [6.45, 7) is 5.99. The second-order valence-corrected chi connectivity index (χ2v) is 8.99. The van der Waals surface area contributed by atoms with E-state index < -0.39 is 0 Å². The topological polar surface area (TPSA) is 63.9 Å². The molecule has 4 rings (SSSR count). The minimum Gasteiger partial charge on any atom is -0.341 e. The lowest BCUT2D eigenvalue weighted by Gasteiger charge is -2.30. The van der Waals surface area contributed by atoms with E-state index in [-0.39, 0.29) is 11.2 Å². The van der Waals surface area contributed by atoms with Gasteiger partial charge in [-0.2, -0.15) is 4.68 Å². The van der Waals surface area contributed by atoms with E-state index in [1.165, 1.54) is 23.7 Å². The van der Waals surface area contributed by atoms with Crippen molar-refractivity contribution < 1.29 is 4.79 Å². The Balaban J connectivity index is 1.62. The van der Waals surface area contributed by atoms with Crippen molar-refractivity contribution in [1.82, 2.24) is 25.1 Å². The van der Waals surface area contributed by atoms with Gasteiger partial charge < -0.3 is 4.90 Å². The zero-order valence-electron chi connectivity index (χ0n) is 17.4. The molecule has 3 aromatic rings. The molecule has 0 N–H and O–H groups in total. The van der Waals surface area contributed by atoms with Crippen LogP contribution >= 0.6 is 11.8 Å². The van der Waals surface area contributed by atoms with Crippen LogP contribution in [0, 0.1) is 0 Å². The summed E-state index contributed by atoms with van der Waals surface area (Å²) in [4.78, 5) is 15.4. The summed E-state index contributed by atoms with van der Waals surface area (Å²) in [7, 11) is 0. The van der Waals surface area contributed by atoms with Gasteiger partial charge in [-0.05, 0) is 58.9 Å². The smallest absolute Gasteiger partial charge is 0.240 e. The van der Waals surface area contributed by atoms with Crippen LogP contribution in [0.15, 0.2) is 59.8 Å². The number of benzene rings is 2. The highest BCUT2D eigenvalue weighted by Gasteiger charge is 2.30. The van der Waals surface area contributed by atoms with Crippen molar-refractivity contribution >= 4 is 17.7 Å². The van der Waals surface area contributed by atoms with Gasteiger partial charge in [0.2, 0.25) is 11.1 Å². The fourth-order valence-corrected chi connectivity index (χ4v) is 4.77. The molecule has 1 aromatic heterocycles. The summed E-state index contributed by atoms with van der Waals surface area (Å²) >= 11 is 1.42. The van der Waals surface area contributed by atoms with Crippen molar-refractivity contribution in [3.05, 3.63) is 65.7 Å². The molecular weight excluding hydrogens is 394 g/mol. The van der Waals surface area contributed by atoms with E-state index in [1.54, 1.807) is 4.68 Å². The number of aromatic nitrogens is 4. The Morgan fingerprint density at radius 2 is 1.63 bits per heavy atom. The van der Waals surface area contributed by atoms with Gasteiger partial charge in [0.15, 0.2) is 0 Å². The predicted octanol–water partition coefficient (Wildman–Crippen LogP) is 4.63. The van der Waals surface area contributed by atoms with Gasteiger partial charge >= 0.3 is 0 Å². The maximum atomic E-state index is 13.4. The van der Waals surface area contributed by atoms with Crippen LogP contribution in [0.1, 0.15) is 55.4 Å². The molecule has 2 aromatic carbocycles. The van der Waals surface area contributed by atoms with Crippen molar-refractivity contribution in [1.29, 1.82) is 0 Å². The summed E-state index contributed by atoms with van der Waals surface area (Å²) in [6.07, 6.45) is 3.33. The summed E-state index contributed by atoms with van der Waals surface area (Å²) in [6, 6.07) is 18.2. The lowest BCUT2D eigenvalue weighted by atomic mass is 10.0. The maximum absolute atomic E-state index is 13.4. The van der Waals surface area contributed by atoms with Crippen LogP contribution in [0.5, 0.6) is 0 Å². The molecule has 0 aliphatic carbocycles. The monoisotopic (exact) mass is 421 g/mol. The van der Waals surface area contributed by atoms with Gasteiger partial charge in [0, 0.05) is 13.1 Å². The second kappa shape index (κ2) is 9.43. The SMILES string of the molecule is CC(C)c1ccc(-n2nnnc2S[C@H](C(=O)N2CCCCC2)c2ccccc2)cc1. The van der Waals surface area contributed by atoms with Gasteiger partial charge in [-0.15, -0.1) is 5.10 Å². The van der Waals surface area contributed by atoms with Crippen molar-refractivity contribution in [2.45, 2.75) is 49.4 Å². The summed E-state index contributed by atoms with van der Waals surface area (Å²) in [5, 5.41) is 12.6. The molecular formula is C23H27N5OS. The highest BCUT2D eigenvalue weighted by atomic mass is 32.2. The van der Waals surface area contributed by atoms with Gasteiger partial charge in [-0.1, -0.05) is 68.1 Å². The van der Waals surface area contributed by atoms with Crippen LogP contribution in [-0.2, 0) is 4.79 Å². The van der Waals surface area contributed by atoms with Crippen molar-refractivity contribution in [3.63, 3.8) is 0 Å². The van der Waals surface area contributed by atoms with Crippen molar-refractivity contribution in [2.75, 3.05) is 13.1 Å². The minimum absolute atomic E-state index is 0.135. The molecule has 1 aliphatic heterocycles. The average molecular weight is 422 g/mol. The lowest BCUT2D eigenvalue weighted by Crippen LogP contribution is -2.38. The quantitative estimate of drug-likeness (QED) is 0.543. The molecule has 2 heterocycles. The van der Waals surface area contributed by atoms with Gasteiger partial charge in [0.25, 0.3) is 0 Å². The standard InChI is InChI=1S/C23H27N5OS/c1-17(2)18-11-13-20(14-12-18)28-23(24-25-26-28)30-21(19-9-5-3-6-10-19)22(29)27-15-7-4-8-16-27/h3,5-6,9-14,17,21H,4,7-8,15-16H2,1-2H3/t21-/m0/s1. The molecule has 1 saturated heterocycles. The number of piperidine rings is 1. The fraction of sp³-hybridized carbons (Fsp3) is 0.391. The molecule has 1 amide bonds. The largest absolute Gasteiger partial charge is 0.341 e. The lowest BCUT2D eigenvalue weighted by molar-refractivity contribution is -0.131. The van der Waals surface area contributed by atoms with E-state index in [0.717, 1.165) is 37.2 Å². The number of amides is 1. The summed E-state index contributed by atoms with van der Waals surface area (Å²) in [5.41, 5.74) is 3.13. The third-order valence-corrected chi connectivity index (χ3v) is 6.64. The number of likely N-dealkylation sites (tertiary alicyclic amines) is 1. The third kappa shape index (κ3) is 4.56. The average Bonchev–Trinajstić information content (AvgIpc) is 3.26. The highest BCUT2D eigenvalue weighted by molar-refractivity contribution is 8.00. The van der Waals surface area contributed by atoms with E-state index in [1.807, 2.05) is 47.4 Å². The Labute approximate surface area is 181 Å². The summed E-state index contributed by atoms with van der Waals surface area (Å²) < 4.78 is 1.72. The first-order valence-electron chi connectivity index (χ1n) is 10.5. The van der Waals surface area contributed by atoms with Crippen molar-refractivity contribution in [3.8, 4) is 5.69 Å². The van der Waals surface area contributed by atoms with Gasteiger partial charge in [-0.25, -0.2) is 0 Å². The Hall–Kier alpha value is -2.67. The van der Waals surface area contributed by atoms with Gasteiger partial charge in [0.05, 0.1) is 5.69 Å². The second-order valence-electron chi connectivity index (χ2n) is 7.91. The first kappa shape index (κ1) is 20.6. The molecule has 30 heavy (non-hydrogen) atoms. The maximum Gasteiger partial charge on any atom is 0.240 e. The number of carbonyl (C=O) groups excluding carboxylic acids is 1. The van der Waals surface area contributed by atoms with Crippen molar-refractivity contribution in [2.24, 2.45) is 0 Å². The Bertz CT molecular complexity index is 965. The third-order valence-electron chi connectivity index (χ3n) is 5.46. The fourth-order valence-electron chi connectivity index (χ4n) is 3.69. The molecule has 6 nitrogen and oxygen atoms in total. The van der Waals surface area contributed by atoms with E-state index in [2.05, 4.69) is 41.5 Å². The van der Waals surface area contributed by atoms with E-state index in [9.17, 15) is 4.79 Å². The zero-order valence-corrected chi connectivity index (χ0v) is 18.3. The van der Waals surface area contributed by atoms with Crippen LogP contribution < -0.4 is 0 Å². The number of hydrogen-bond acceptors (Lipinski definition) is 5. The number of tetrazole rings is 1. The van der Waals surface area contributed by atoms with E-state index in [0.29, 0.717) is 11.1 Å². The number of thioether (sulfide) groups is 1. The molecule has 1 atom stereocenters. The van der Waals surface area contributed by atoms with Crippen LogP contribution in [0.3, 0.4) is 0 Å². The molecule has 0 unspecified atom stereocenters. The molecule has 0 spiro atoms. The molecule has 1 aliphatic rings. The Kier molecular flexibility index (Phi) is 6.47. The molecule has 1 fully saturated rings. The van der Waals surface area contributed by atoms with Gasteiger partial charge in [0.1, 0.15) is 5.25 Å². The van der Waals surface area contributed by atoms with E-state index in [4.69, 9.17) is 0 Å². The molecule has 0 saturated carbocycles. The Morgan fingerprint density at radius 3 is 2.30 bits per heavy atom. The normalized spacial score (nSPS) is 15.4. The van der Waals surface area contributed by atoms with Crippen LogP contribution in [0.2, 0.25) is 0 Å². The van der Waals surface area contributed by atoms with Crippen LogP contribution in [0.25, 0.3) is 5.69 Å². The van der Waals surface area contributed by atoms with Crippen LogP contribution in [-0.4, -0.2) is 44.1 Å². The number of nitrogens with zero attached hydrogens (tertiary/aromatic N) is 5. The number of hydrogen-bond donors (Lipinski definition) is 0.